The summed E-state index contributed by atoms with van der Waals surface area (Å²) in [6.07, 6.45) is 10.1. The number of hydrogen-bond acceptors (Lipinski definition) is 4. The number of likely N-dealkylation sites (tertiary alicyclic amines) is 1. The molecule has 1 saturated heterocycles. The summed E-state index contributed by atoms with van der Waals surface area (Å²) in [5, 5.41) is 0. The second-order valence-corrected chi connectivity index (χ2v) is 8.20. The van der Waals surface area contributed by atoms with Crippen LogP contribution in [0.2, 0.25) is 0 Å². The van der Waals surface area contributed by atoms with Gasteiger partial charge in [-0.25, -0.2) is 4.98 Å². The minimum absolute atomic E-state index is 0.0318. The van der Waals surface area contributed by atoms with Gasteiger partial charge in [0.05, 0.1) is 12.4 Å². The van der Waals surface area contributed by atoms with Crippen molar-refractivity contribution in [3.05, 3.63) is 78.4 Å². The van der Waals surface area contributed by atoms with Crippen molar-refractivity contribution in [3.63, 3.8) is 0 Å². The van der Waals surface area contributed by atoms with Crippen LogP contribution in [0.4, 0.5) is 0 Å². The molecule has 2 aliphatic rings. The van der Waals surface area contributed by atoms with Crippen molar-refractivity contribution in [2.24, 2.45) is 5.73 Å². The van der Waals surface area contributed by atoms with Crippen molar-refractivity contribution in [2.45, 2.75) is 43.9 Å². The molecule has 5 heteroatoms. The van der Waals surface area contributed by atoms with Crippen LogP contribution < -0.4 is 10.5 Å². The standard InChI is InChI=1S/C24H28N4O/c25-19-5-3-14-27(16-19)23-12-7-18-4-1-2-6-22(18)24(23)29-21-10-8-20(9-11-21)28-15-13-26-17-28/h1-2,4,6,8-11,13,15,17,19,23-24H,3,5,7,12,14,16,25H2/t19-,23-,24-/m0/s1. The largest absolute Gasteiger partial charge is 0.484 e. The first-order valence-electron chi connectivity index (χ1n) is 10.6. The van der Waals surface area contributed by atoms with Gasteiger partial charge in [0.25, 0.3) is 0 Å². The summed E-state index contributed by atoms with van der Waals surface area (Å²) in [6, 6.07) is 17.7. The van der Waals surface area contributed by atoms with E-state index in [0.717, 1.165) is 43.8 Å². The molecule has 3 atom stereocenters. The number of rotatable bonds is 4. The topological polar surface area (TPSA) is 56.3 Å². The maximum atomic E-state index is 6.65. The Kier molecular flexibility index (Phi) is 5.08. The third kappa shape index (κ3) is 3.80. The monoisotopic (exact) mass is 388 g/mol. The van der Waals surface area contributed by atoms with Crippen LogP contribution in [0.15, 0.2) is 67.3 Å². The van der Waals surface area contributed by atoms with E-state index in [4.69, 9.17) is 10.5 Å². The van der Waals surface area contributed by atoms with Crippen LogP contribution in [0, 0.1) is 0 Å². The van der Waals surface area contributed by atoms with E-state index in [9.17, 15) is 0 Å². The predicted octanol–water partition coefficient (Wildman–Crippen LogP) is 3.73. The molecule has 29 heavy (non-hydrogen) atoms. The summed E-state index contributed by atoms with van der Waals surface area (Å²) in [5.41, 5.74) is 10.1. The van der Waals surface area contributed by atoms with Gasteiger partial charge in [-0.2, -0.15) is 0 Å². The van der Waals surface area contributed by atoms with E-state index < -0.39 is 0 Å². The highest BCUT2D eigenvalue weighted by Crippen LogP contribution is 2.37. The number of nitrogens with two attached hydrogens (primary N) is 1. The molecule has 2 N–H and O–H groups in total. The molecule has 150 valence electrons. The molecule has 1 aliphatic carbocycles. The number of aromatic nitrogens is 2. The minimum atomic E-state index is 0.0318. The lowest BCUT2D eigenvalue weighted by Crippen LogP contribution is -2.51. The maximum absolute atomic E-state index is 6.65. The van der Waals surface area contributed by atoms with Gasteiger partial charge < -0.3 is 15.0 Å². The van der Waals surface area contributed by atoms with E-state index in [1.54, 1.807) is 6.20 Å². The molecule has 1 aromatic heterocycles. The van der Waals surface area contributed by atoms with Gasteiger partial charge in [0.15, 0.2) is 0 Å². The number of piperidine rings is 1. The first-order valence-corrected chi connectivity index (χ1v) is 10.6. The molecule has 3 aromatic rings. The van der Waals surface area contributed by atoms with E-state index >= 15 is 0 Å². The molecule has 0 saturated carbocycles. The minimum Gasteiger partial charge on any atom is -0.484 e. The Bertz CT molecular complexity index is 938. The van der Waals surface area contributed by atoms with Crippen molar-refractivity contribution >= 4 is 0 Å². The molecular formula is C24H28N4O. The van der Waals surface area contributed by atoms with Crippen LogP contribution in [-0.2, 0) is 6.42 Å². The second-order valence-electron chi connectivity index (χ2n) is 8.20. The van der Waals surface area contributed by atoms with Crippen LogP contribution in [0.25, 0.3) is 5.69 Å². The Balaban J connectivity index is 1.42. The third-order valence-electron chi connectivity index (χ3n) is 6.28. The first kappa shape index (κ1) is 18.4. The molecule has 1 fully saturated rings. The highest BCUT2D eigenvalue weighted by Gasteiger charge is 2.36. The van der Waals surface area contributed by atoms with Crippen LogP contribution >= 0.6 is 0 Å². The zero-order chi connectivity index (χ0) is 19.6. The summed E-state index contributed by atoms with van der Waals surface area (Å²) < 4.78 is 8.65. The first-order chi connectivity index (χ1) is 14.3. The molecule has 0 amide bonds. The lowest BCUT2D eigenvalue weighted by Gasteiger charge is -2.43. The van der Waals surface area contributed by atoms with E-state index in [0.29, 0.717) is 6.04 Å². The zero-order valence-corrected chi connectivity index (χ0v) is 16.7. The smallest absolute Gasteiger partial charge is 0.139 e. The Hall–Kier alpha value is -2.63. The Morgan fingerprint density at radius 3 is 2.69 bits per heavy atom. The number of ether oxygens (including phenoxy) is 1. The summed E-state index contributed by atoms with van der Waals surface area (Å²) >= 11 is 0. The molecular weight excluding hydrogens is 360 g/mol. The Morgan fingerprint density at radius 2 is 1.90 bits per heavy atom. The Labute approximate surface area is 172 Å². The van der Waals surface area contributed by atoms with E-state index in [1.165, 1.54) is 17.5 Å². The number of fused-ring (bicyclic) bond motifs is 1. The molecule has 5 nitrogen and oxygen atoms in total. The van der Waals surface area contributed by atoms with Crippen molar-refractivity contribution in [2.75, 3.05) is 13.1 Å². The molecule has 2 aromatic carbocycles. The van der Waals surface area contributed by atoms with E-state index in [1.807, 2.05) is 17.1 Å². The van der Waals surface area contributed by atoms with Gasteiger partial charge in [0, 0.05) is 30.7 Å². The van der Waals surface area contributed by atoms with Gasteiger partial charge in [-0.05, 0) is 67.6 Å². The number of hydrogen-bond donors (Lipinski definition) is 1. The van der Waals surface area contributed by atoms with Crippen LogP contribution in [0.3, 0.4) is 0 Å². The molecule has 1 aliphatic heterocycles. The Morgan fingerprint density at radius 1 is 1.03 bits per heavy atom. The van der Waals surface area contributed by atoms with E-state index in [-0.39, 0.29) is 12.1 Å². The van der Waals surface area contributed by atoms with Gasteiger partial charge in [0.1, 0.15) is 11.9 Å². The normalized spacial score (nSPS) is 24.8. The van der Waals surface area contributed by atoms with Crippen LogP contribution in [0.1, 0.15) is 36.5 Å². The zero-order valence-electron chi connectivity index (χ0n) is 16.7. The molecule has 0 radical (unpaired) electrons. The maximum Gasteiger partial charge on any atom is 0.139 e. The van der Waals surface area contributed by atoms with Gasteiger partial charge >= 0.3 is 0 Å². The van der Waals surface area contributed by atoms with Gasteiger partial charge in [-0.1, -0.05) is 24.3 Å². The van der Waals surface area contributed by atoms with Crippen molar-refractivity contribution in [3.8, 4) is 11.4 Å². The van der Waals surface area contributed by atoms with Gasteiger partial charge in [0.2, 0.25) is 0 Å². The van der Waals surface area contributed by atoms with E-state index in [2.05, 4.69) is 58.4 Å². The molecule has 0 unspecified atom stereocenters. The third-order valence-corrected chi connectivity index (χ3v) is 6.28. The SMILES string of the molecule is N[C@H]1CCCN([C@H]2CCc3ccccc3[C@@H]2Oc2ccc(-n3ccnc3)cc2)C1. The number of aryl methyl sites for hydroxylation is 1. The van der Waals surface area contributed by atoms with Crippen molar-refractivity contribution in [1.82, 2.24) is 14.5 Å². The fourth-order valence-corrected chi connectivity index (χ4v) is 4.81. The summed E-state index contributed by atoms with van der Waals surface area (Å²) in [7, 11) is 0. The number of benzene rings is 2. The highest BCUT2D eigenvalue weighted by atomic mass is 16.5. The second kappa shape index (κ2) is 8.01. The lowest BCUT2D eigenvalue weighted by molar-refractivity contribution is 0.0367. The van der Waals surface area contributed by atoms with Crippen molar-refractivity contribution < 1.29 is 4.74 Å². The number of imidazole rings is 1. The van der Waals surface area contributed by atoms with Crippen molar-refractivity contribution in [1.29, 1.82) is 0 Å². The number of nitrogens with zero attached hydrogens (tertiary/aromatic N) is 3. The predicted molar refractivity (Wildman–Crippen MR) is 114 cm³/mol. The highest BCUT2D eigenvalue weighted by molar-refractivity contribution is 5.39. The van der Waals surface area contributed by atoms with Crippen LogP contribution in [-0.4, -0.2) is 39.6 Å². The fourth-order valence-electron chi connectivity index (χ4n) is 4.81. The molecule has 2 heterocycles. The van der Waals surface area contributed by atoms with Crippen LogP contribution in [0.5, 0.6) is 5.75 Å². The molecule has 5 rings (SSSR count). The van der Waals surface area contributed by atoms with Gasteiger partial charge in [-0.15, -0.1) is 0 Å². The summed E-state index contributed by atoms with van der Waals surface area (Å²) in [4.78, 5) is 6.69. The average Bonchev–Trinajstić information content (AvgIpc) is 3.29. The molecule has 0 spiro atoms. The lowest BCUT2D eigenvalue weighted by atomic mass is 9.84. The summed E-state index contributed by atoms with van der Waals surface area (Å²) in [6.45, 7) is 2.08. The molecule has 0 bridgehead atoms. The summed E-state index contributed by atoms with van der Waals surface area (Å²) in [5.74, 6) is 0.905. The quantitative estimate of drug-likeness (QED) is 0.740. The fraction of sp³-hybridized carbons (Fsp3) is 0.375. The average molecular weight is 389 g/mol. The van der Waals surface area contributed by atoms with Gasteiger partial charge in [-0.3, -0.25) is 4.90 Å².